The Balaban J connectivity index is 3.00. The third-order valence-electron chi connectivity index (χ3n) is 2.23. The lowest BCUT2D eigenvalue weighted by Gasteiger charge is -2.07. The summed E-state index contributed by atoms with van der Waals surface area (Å²) in [5.74, 6) is -1.28. The zero-order valence-corrected chi connectivity index (χ0v) is 10.6. The summed E-state index contributed by atoms with van der Waals surface area (Å²) >= 11 is 0. The highest BCUT2D eigenvalue weighted by molar-refractivity contribution is 5.96. The number of amides is 2. The van der Waals surface area contributed by atoms with E-state index in [1.807, 2.05) is 0 Å². The van der Waals surface area contributed by atoms with E-state index in [2.05, 4.69) is 10.6 Å². The Labute approximate surface area is 118 Å². The van der Waals surface area contributed by atoms with Gasteiger partial charge in [0.25, 0.3) is 5.69 Å². The Morgan fingerprint density at radius 1 is 1.14 bits per heavy atom. The highest BCUT2D eigenvalue weighted by Crippen LogP contribution is 2.28. The second kappa shape index (κ2) is 7.21. The molecule has 106 valence electrons. The van der Waals surface area contributed by atoms with Crippen LogP contribution in [-0.4, -0.2) is 16.7 Å². The summed E-state index contributed by atoms with van der Waals surface area (Å²) in [6.45, 7) is 0. The van der Waals surface area contributed by atoms with Crippen LogP contribution in [-0.2, 0) is 9.59 Å². The van der Waals surface area contributed by atoms with E-state index < -0.39 is 28.8 Å². The fourth-order valence-corrected chi connectivity index (χ4v) is 1.41. The molecule has 0 heterocycles. The van der Waals surface area contributed by atoms with Crippen molar-refractivity contribution < 1.29 is 14.5 Å². The van der Waals surface area contributed by atoms with Crippen LogP contribution < -0.4 is 10.6 Å². The van der Waals surface area contributed by atoms with Gasteiger partial charge in [-0.2, -0.15) is 10.5 Å². The van der Waals surface area contributed by atoms with E-state index in [1.165, 1.54) is 12.1 Å². The molecule has 9 heteroatoms. The zero-order chi connectivity index (χ0) is 15.8. The average Bonchev–Trinajstić information content (AvgIpc) is 2.40. The van der Waals surface area contributed by atoms with Crippen LogP contribution in [0.1, 0.15) is 12.8 Å². The number of nitro benzene ring substituents is 1. The first-order valence-electron chi connectivity index (χ1n) is 5.60. The first-order valence-corrected chi connectivity index (χ1v) is 5.60. The van der Waals surface area contributed by atoms with Gasteiger partial charge in [-0.1, -0.05) is 0 Å². The predicted molar refractivity (Wildman–Crippen MR) is 70.8 cm³/mol. The quantitative estimate of drug-likeness (QED) is 0.615. The van der Waals surface area contributed by atoms with Crippen LogP contribution in [0.3, 0.4) is 0 Å². The van der Waals surface area contributed by atoms with Crippen molar-refractivity contribution in [1.82, 2.24) is 0 Å². The Bertz CT molecular complexity index is 671. The van der Waals surface area contributed by atoms with E-state index in [0.717, 1.165) is 6.07 Å². The summed E-state index contributed by atoms with van der Waals surface area (Å²) in [6, 6.07) is 6.88. The number of hydrogen-bond donors (Lipinski definition) is 2. The summed E-state index contributed by atoms with van der Waals surface area (Å²) in [4.78, 5) is 32.7. The number of benzene rings is 1. The number of nitriles is 2. The van der Waals surface area contributed by atoms with Gasteiger partial charge in [0.1, 0.15) is 18.5 Å². The maximum absolute atomic E-state index is 11.3. The maximum Gasteiger partial charge on any atom is 0.294 e. The molecule has 0 aliphatic heterocycles. The lowest BCUT2D eigenvalue weighted by Crippen LogP contribution is -2.13. The molecule has 0 atom stereocenters. The van der Waals surface area contributed by atoms with Gasteiger partial charge in [-0.25, -0.2) is 0 Å². The summed E-state index contributed by atoms with van der Waals surface area (Å²) in [7, 11) is 0. The number of hydrogen-bond acceptors (Lipinski definition) is 6. The molecule has 0 aliphatic rings. The third kappa shape index (κ3) is 4.61. The van der Waals surface area contributed by atoms with Crippen molar-refractivity contribution in [2.45, 2.75) is 12.8 Å². The van der Waals surface area contributed by atoms with E-state index in [-0.39, 0.29) is 17.8 Å². The first-order chi connectivity index (χ1) is 9.97. The van der Waals surface area contributed by atoms with Crippen molar-refractivity contribution in [2.75, 3.05) is 10.6 Å². The SMILES string of the molecule is N#CCC(=O)Nc1ccc(NC(=O)CC#N)c([N+](=O)[O-])c1. The standard InChI is InChI=1S/C12H9N5O4/c13-5-3-11(18)15-8-1-2-9(10(7-8)17(20)21)16-12(19)4-6-14/h1-2,7H,3-4H2,(H,15,18)(H,16,19). The molecular formula is C12H9N5O4. The van der Waals surface area contributed by atoms with E-state index in [0.29, 0.717) is 0 Å². The van der Waals surface area contributed by atoms with E-state index >= 15 is 0 Å². The van der Waals surface area contributed by atoms with Crippen LogP contribution in [0.15, 0.2) is 18.2 Å². The largest absolute Gasteiger partial charge is 0.325 e. The van der Waals surface area contributed by atoms with E-state index in [9.17, 15) is 19.7 Å². The topological polar surface area (TPSA) is 149 Å². The van der Waals surface area contributed by atoms with Crippen molar-refractivity contribution in [2.24, 2.45) is 0 Å². The Morgan fingerprint density at radius 2 is 1.71 bits per heavy atom. The molecular weight excluding hydrogens is 278 g/mol. The van der Waals surface area contributed by atoms with Gasteiger partial charge in [0.15, 0.2) is 0 Å². The van der Waals surface area contributed by atoms with Crippen molar-refractivity contribution in [1.29, 1.82) is 10.5 Å². The number of rotatable bonds is 5. The van der Waals surface area contributed by atoms with Crippen molar-refractivity contribution in [3.8, 4) is 12.1 Å². The summed E-state index contributed by atoms with van der Waals surface area (Å²) in [5.41, 5.74) is -0.394. The second-order valence-corrected chi connectivity index (χ2v) is 3.76. The minimum absolute atomic E-state index is 0.0847. The molecule has 0 bridgehead atoms. The van der Waals surface area contributed by atoms with Gasteiger partial charge in [-0.3, -0.25) is 19.7 Å². The molecule has 2 N–H and O–H groups in total. The van der Waals surface area contributed by atoms with Crippen LogP contribution >= 0.6 is 0 Å². The highest BCUT2D eigenvalue weighted by Gasteiger charge is 2.17. The predicted octanol–water partition coefficient (Wildman–Crippen LogP) is 1.30. The molecule has 1 aromatic carbocycles. The monoisotopic (exact) mass is 287 g/mol. The molecule has 0 spiro atoms. The van der Waals surface area contributed by atoms with Crippen LogP contribution in [0.2, 0.25) is 0 Å². The molecule has 0 unspecified atom stereocenters. The van der Waals surface area contributed by atoms with Crippen molar-refractivity contribution in [3.63, 3.8) is 0 Å². The molecule has 2 amide bonds. The summed E-state index contributed by atoms with van der Waals surface area (Å²) in [6.07, 6.45) is -0.813. The molecule has 0 aromatic heterocycles. The first kappa shape index (κ1) is 15.6. The highest BCUT2D eigenvalue weighted by atomic mass is 16.6. The molecule has 1 aromatic rings. The van der Waals surface area contributed by atoms with Gasteiger partial charge in [0.05, 0.1) is 17.1 Å². The molecule has 0 radical (unpaired) electrons. The van der Waals surface area contributed by atoms with Crippen LogP contribution in [0.5, 0.6) is 0 Å². The average molecular weight is 287 g/mol. The summed E-state index contributed by atoms with van der Waals surface area (Å²) in [5, 5.41) is 32.2. The minimum Gasteiger partial charge on any atom is -0.325 e. The number of nitrogens with one attached hydrogen (secondary N) is 2. The minimum atomic E-state index is -0.734. The van der Waals surface area contributed by atoms with Gasteiger partial charge in [0, 0.05) is 11.8 Å². The number of carbonyl (C=O) groups excluding carboxylic acids is 2. The fraction of sp³-hybridized carbons (Fsp3) is 0.167. The number of nitrogens with zero attached hydrogens (tertiary/aromatic N) is 3. The molecule has 0 aliphatic carbocycles. The zero-order valence-electron chi connectivity index (χ0n) is 10.6. The van der Waals surface area contributed by atoms with Gasteiger partial charge in [-0.15, -0.1) is 0 Å². The van der Waals surface area contributed by atoms with Crippen LogP contribution in [0.25, 0.3) is 0 Å². The van der Waals surface area contributed by atoms with Gasteiger partial charge >= 0.3 is 0 Å². The van der Waals surface area contributed by atoms with Crippen molar-refractivity contribution in [3.05, 3.63) is 28.3 Å². The molecule has 0 saturated heterocycles. The second-order valence-electron chi connectivity index (χ2n) is 3.76. The molecule has 21 heavy (non-hydrogen) atoms. The Kier molecular flexibility index (Phi) is 5.35. The number of carbonyl (C=O) groups is 2. The van der Waals surface area contributed by atoms with Crippen LogP contribution in [0, 0.1) is 32.8 Å². The Hall–Kier alpha value is -3.46. The smallest absolute Gasteiger partial charge is 0.294 e. The van der Waals surface area contributed by atoms with Gasteiger partial charge < -0.3 is 10.6 Å². The fourth-order valence-electron chi connectivity index (χ4n) is 1.41. The van der Waals surface area contributed by atoms with E-state index in [4.69, 9.17) is 10.5 Å². The Morgan fingerprint density at radius 3 is 2.24 bits per heavy atom. The lowest BCUT2D eigenvalue weighted by molar-refractivity contribution is -0.383. The van der Waals surface area contributed by atoms with Gasteiger partial charge in [-0.05, 0) is 12.1 Å². The number of nitro groups is 1. The molecule has 1 rings (SSSR count). The molecule has 0 saturated carbocycles. The normalized spacial score (nSPS) is 9.05. The van der Waals surface area contributed by atoms with Gasteiger partial charge in [0.2, 0.25) is 11.8 Å². The maximum atomic E-state index is 11.3. The van der Waals surface area contributed by atoms with Crippen LogP contribution in [0.4, 0.5) is 17.1 Å². The van der Waals surface area contributed by atoms with E-state index in [1.54, 1.807) is 12.1 Å². The summed E-state index contributed by atoms with van der Waals surface area (Å²) < 4.78 is 0. The lowest BCUT2D eigenvalue weighted by atomic mass is 10.2. The molecule has 9 nitrogen and oxygen atoms in total. The molecule has 0 fully saturated rings. The number of anilines is 2. The van der Waals surface area contributed by atoms with Crippen molar-refractivity contribution >= 4 is 28.9 Å². The third-order valence-corrected chi connectivity index (χ3v) is 2.23.